The molecule has 27 heavy (non-hydrogen) atoms. The number of aliphatic hydroxyl groups is 1. The Morgan fingerprint density at radius 3 is 2.81 bits per heavy atom. The lowest BCUT2D eigenvalue weighted by Gasteiger charge is -2.39. The first-order valence-corrected chi connectivity index (χ1v) is 9.09. The van der Waals surface area contributed by atoms with Gasteiger partial charge >= 0.3 is 6.03 Å². The highest BCUT2D eigenvalue weighted by atomic mass is 16.7. The monoisotopic (exact) mass is 372 g/mol. The Bertz CT molecular complexity index is 809. The Morgan fingerprint density at radius 2 is 2.11 bits per heavy atom. The first kappa shape index (κ1) is 18.0. The van der Waals surface area contributed by atoms with E-state index >= 15 is 0 Å². The number of nitrogens with one attached hydrogen (secondary N) is 2. The number of benzene rings is 1. The molecule has 2 aromatic rings. The van der Waals surface area contributed by atoms with Gasteiger partial charge in [-0.05, 0) is 25.5 Å². The van der Waals surface area contributed by atoms with Crippen molar-refractivity contribution in [3.63, 3.8) is 0 Å². The topological polar surface area (TPSA) is 97.6 Å². The molecule has 1 aromatic carbocycles. The van der Waals surface area contributed by atoms with E-state index < -0.39 is 24.5 Å². The molecule has 2 bridgehead atoms. The van der Waals surface area contributed by atoms with Crippen molar-refractivity contribution in [2.24, 2.45) is 0 Å². The van der Waals surface area contributed by atoms with Crippen molar-refractivity contribution in [1.29, 1.82) is 0 Å². The molecular weight excluding hydrogens is 348 g/mol. The predicted octanol–water partition coefficient (Wildman–Crippen LogP) is 1.03. The summed E-state index contributed by atoms with van der Waals surface area (Å²) in [6.45, 7) is 4.54. The van der Waals surface area contributed by atoms with E-state index in [2.05, 4.69) is 15.7 Å². The van der Waals surface area contributed by atoms with Crippen molar-refractivity contribution in [2.75, 3.05) is 6.61 Å². The molecule has 144 valence electrons. The highest BCUT2D eigenvalue weighted by molar-refractivity contribution is 5.74. The van der Waals surface area contributed by atoms with E-state index in [0.717, 1.165) is 17.0 Å². The van der Waals surface area contributed by atoms with E-state index in [1.165, 1.54) is 0 Å². The van der Waals surface area contributed by atoms with Crippen LogP contribution >= 0.6 is 0 Å². The Kier molecular flexibility index (Phi) is 4.86. The zero-order valence-electron chi connectivity index (χ0n) is 15.3. The molecular formula is C19H24N4O4. The van der Waals surface area contributed by atoms with Crippen molar-refractivity contribution >= 4 is 6.03 Å². The van der Waals surface area contributed by atoms with Crippen LogP contribution in [0.5, 0.6) is 0 Å². The van der Waals surface area contributed by atoms with Crippen LogP contribution in [0.15, 0.2) is 36.4 Å². The van der Waals surface area contributed by atoms with Crippen LogP contribution in [0, 0.1) is 13.8 Å². The van der Waals surface area contributed by atoms with Gasteiger partial charge in [0.1, 0.15) is 18.2 Å². The quantitative estimate of drug-likeness (QED) is 0.745. The molecule has 2 amide bonds. The molecule has 5 atom stereocenters. The third-order valence-corrected chi connectivity index (χ3v) is 5.05. The van der Waals surface area contributed by atoms with E-state index in [4.69, 9.17) is 9.47 Å². The second-order valence-electron chi connectivity index (χ2n) is 7.07. The molecule has 2 fully saturated rings. The maximum atomic E-state index is 12.4. The second-order valence-corrected chi connectivity index (χ2v) is 7.07. The molecule has 3 N–H and O–H groups in total. The van der Waals surface area contributed by atoms with Crippen LogP contribution in [0.25, 0.3) is 0 Å². The summed E-state index contributed by atoms with van der Waals surface area (Å²) in [5.41, 5.74) is 2.75. The first-order chi connectivity index (χ1) is 13.0. The van der Waals surface area contributed by atoms with Crippen molar-refractivity contribution in [2.45, 2.75) is 51.0 Å². The number of amides is 2. The minimum atomic E-state index is -0.878. The first-order valence-electron chi connectivity index (χ1n) is 9.09. The van der Waals surface area contributed by atoms with Gasteiger partial charge in [-0.2, -0.15) is 5.10 Å². The minimum absolute atomic E-state index is 0.321. The minimum Gasteiger partial charge on any atom is -0.388 e. The molecule has 0 saturated carbocycles. The van der Waals surface area contributed by atoms with Gasteiger partial charge in [0.25, 0.3) is 0 Å². The smallest absolute Gasteiger partial charge is 0.315 e. The van der Waals surface area contributed by atoms with Gasteiger partial charge in [0.2, 0.25) is 0 Å². The number of fused-ring (bicyclic) bond motifs is 2. The summed E-state index contributed by atoms with van der Waals surface area (Å²) in [4.78, 5) is 12.4. The molecule has 4 rings (SSSR count). The van der Waals surface area contributed by atoms with Gasteiger partial charge in [-0.15, -0.1) is 0 Å². The fourth-order valence-electron chi connectivity index (χ4n) is 3.77. The summed E-state index contributed by atoms with van der Waals surface area (Å²) in [5, 5.41) is 21.1. The largest absolute Gasteiger partial charge is 0.388 e. The SMILES string of the molecule is Cc1cc(C)n([C@H]2[C@@H]3OC[C@@H](O3)[C@@H](NC(=O)NCc3ccccc3)[C@@H]2O)n1. The molecule has 8 nitrogen and oxygen atoms in total. The maximum Gasteiger partial charge on any atom is 0.315 e. The van der Waals surface area contributed by atoms with Gasteiger partial charge in [0.15, 0.2) is 6.29 Å². The van der Waals surface area contributed by atoms with Crippen LogP contribution < -0.4 is 10.6 Å². The number of carbonyl (C=O) groups is 1. The zero-order chi connectivity index (χ0) is 19.0. The Hall–Kier alpha value is -2.42. The number of ether oxygens (including phenoxy) is 2. The van der Waals surface area contributed by atoms with E-state index in [1.807, 2.05) is 50.2 Å². The number of nitrogens with zero attached hydrogens (tertiary/aromatic N) is 2. The molecule has 0 spiro atoms. The summed E-state index contributed by atoms with van der Waals surface area (Å²) in [7, 11) is 0. The highest BCUT2D eigenvalue weighted by Crippen LogP contribution is 2.36. The van der Waals surface area contributed by atoms with Gasteiger partial charge in [0.05, 0.1) is 18.3 Å². The lowest BCUT2D eigenvalue weighted by atomic mass is 9.96. The van der Waals surface area contributed by atoms with Crippen molar-refractivity contribution in [3.05, 3.63) is 53.3 Å². The molecule has 0 radical (unpaired) electrons. The lowest BCUT2D eigenvalue weighted by molar-refractivity contribution is -0.166. The predicted molar refractivity (Wildman–Crippen MR) is 97.0 cm³/mol. The van der Waals surface area contributed by atoms with Crippen LogP contribution in [0.3, 0.4) is 0 Å². The number of rotatable bonds is 4. The van der Waals surface area contributed by atoms with Gasteiger partial charge in [-0.1, -0.05) is 30.3 Å². The van der Waals surface area contributed by atoms with E-state index in [-0.39, 0.29) is 12.1 Å². The average Bonchev–Trinajstić information content (AvgIpc) is 3.23. The molecule has 3 heterocycles. The number of carbonyl (C=O) groups excluding carboxylic acids is 1. The maximum absolute atomic E-state index is 12.4. The molecule has 8 heteroatoms. The van der Waals surface area contributed by atoms with Crippen LogP contribution in [0.1, 0.15) is 23.0 Å². The van der Waals surface area contributed by atoms with E-state index in [9.17, 15) is 9.90 Å². The number of aromatic nitrogens is 2. The highest BCUT2D eigenvalue weighted by Gasteiger charge is 2.52. The van der Waals surface area contributed by atoms with Gasteiger partial charge < -0.3 is 25.2 Å². The third-order valence-electron chi connectivity index (χ3n) is 5.05. The number of urea groups is 1. The van der Waals surface area contributed by atoms with Crippen molar-refractivity contribution in [1.82, 2.24) is 20.4 Å². The number of aliphatic hydroxyl groups excluding tert-OH is 1. The summed E-state index contributed by atoms with van der Waals surface area (Å²) in [6.07, 6.45) is -1.84. The van der Waals surface area contributed by atoms with Crippen molar-refractivity contribution in [3.8, 4) is 0 Å². The Labute approximate surface area is 157 Å². The summed E-state index contributed by atoms with van der Waals surface area (Å²) < 4.78 is 13.3. The number of hydrogen-bond donors (Lipinski definition) is 3. The molecule has 2 aliphatic heterocycles. The van der Waals surface area contributed by atoms with Crippen LogP contribution in [-0.4, -0.2) is 52.1 Å². The molecule has 0 aliphatic carbocycles. The molecule has 1 aromatic heterocycles. The normalized spacial score (nSPS) is 29.5. The van der Waals surface area contributed by atoms with Gasteiger partial charge in [0, 0.05) is 12.2 Å². The third kappa shape index (κ3) is 3.55. The standard InChI is InChI=1S/C19H24N4O4/c1-11-8-12(2)23(22-11)16-17(24)15(14-10-26-18(16)27-14)21-19(25)20-9-13-6-4-3-5-7-13/h3-8,14-18,24H,9-10H2,1-2H3,(H2,20,21,25)/t14-,15-,16-,17+,18-/m1/s1. The second kappa shape index (κ2) is 7.30. The van der Waals surface area contributed by atoms with Gasteiger partial charge in [-0.25, -0.2) is 4.79 Å². The average molecular weight is 372 g/mol. The molecule has 2 saturated heterocycles. The fourth-order valence-corrected chi connectivity index (χ4v) is 3.77. The van der Waals surface area contributed by atoms with E-state index in [0.29, 0.717) is 13.2 Å². The van der Waals surface area contributed by atoms with E-state index in [1.54, 1.807) is 4.68 Å². The lowest BCUT2D eigenvalue weighted by Crippen LogP contribution is -2.60. The summed E-state index contributed by atoms with van der Waals surface area (Å²) in [6, 6.07) is 10.1. The van der Waals surface area contributed by atoms with Crippen LogP contribution in [0.4, 0.5) is 4.79 Å². The summed E-state index contributed by atoms with van der Waals surface area (Å²) in [5.74, 6) is 0. The Balaban J connectivity index is 1.45. The molecule has 0 unspecified atom stereocenters. The molecule has 2 aliphatic rings. The van der Waals surface area contributed by atoms with Crippen LogP contribution in [-0.2, 0) is 16.0 Å². The summed E-state index contributed by atoms with van der Waals surface area (Å²) >= 11 is 0. The fraction of sp³-hybridized carbons (Fsp3) is 0.474. The zero-order valence-corrected chi connectivity index (χ0v) is 15.3. The van der Waals surface area contributed by atoms with Crippen molar-refractivity contribution < 1.29 is 19.4 Å². The van der Waals surface area contributed by atoms with Gasteiger partial charge in [-0.3, -0.25) is 4.68 Å². The Morgan fingerprint density at radius 1 is 1.33 bits per heavy atom. The van der Waals surface area contributed by atoms with Crippen LogP contribution in [0.2, 0.25) is 0 Å². The number of aryl methyl sites for hydroxylation is 2. The number of hydrogen-bond acceptors (Lipinski definition) is 5.